The van der Waals surface area contributed by atoms with Gasteiger partial charge in [-0.05, 0) is 31.9 Å². The highest BCUT2D eigenvalue weighted by Gasteiger charge is 2.10. The Balaban J connectivity index is 1.73. The summed E-state index contributed by atoms with van der Waals surface area (Å²) in [6.45, 7) is 3.71. The van der Waals surface area contributed by atoms with E-state index >= 15 is 0 Å². The van der Waals surface area contributed by atoms with Crippen molar-refractivity contribution in [2.75, 3.05) is 0 Å². The normalized spacial score (nSPS) is 12.1. The van der Waals surface area contributed by atoms with Gasteiger partial charge in [-0.2, -0.15) is 4.98 Å². The Hall–Kier alpha value is -2.24. The van der Waals surface area contributed by atoms with Gasteiger partial charge in [0, 0.05) is 25.2 Å². The van der Waals surface area contributed by atoms with E-state index in [1.54, 1.807) is 19.3 Å². The van der Waals surface area contributed by atoms with Crippen LogP contribution in [0.15, 0.2) is 29.0 Å². The summed E-state index contributed by atoms with van der Waals surface area (Å²) in [6.07, 6.45) is 5.21. The molecule has 0 aliphatic heterocycles. The van der Waals surface area contributed by atoms with E-state index < -0.39 is 0 Å². The lowest BCUT2D eigenvalue weighted by Crippen LogP contribution is -2.26. The van der Waals surface area contributed by atoms with Gasteiger partial charge >= 0.3 is 0 Å². The summed E-state index contributed by atoms with van der Waals surface area (Å²) in [5.74, 6) is 1.21. The number of carbonyl (C=O) groups excluding carboxylic acids is 1. The van der Waals surface area contributed by atoms with Crippen molar-refractivity contribution < 1.29 is 9.32 Å². The van der Waals surface area contributed by atoms with Crippen LogP contribution in [0.2, 0.25) is 0 Å². The molecule has 0 saturated heterocycles. The number of pyridine rings is 1. The van der Waals surface area contributed by atoms with Crippen LogP contribution in [0.3, 0.4) is 0 Å². The van der Waals surface area contributed by atoms with Crippen molar-refractivity contribution in [1.29, 1.82) is 0 Å². The average Bonchev–Trinajstić information content (AvgIpc) is 2.85. The molecule has 0 radical (unpaired) electrons. The van der Waals surface area contributed by atoms with E-state index in [4.69, 9.17) is 4.52 Å². The lowest BCUT2D eigenvalue weighted by molar-refractivity contribution is -0.121. The minimum atomic E-state index is -0.0400. The lowest BCUT2D eigenvalue weighted by atomic mass is 10.1. The minimum Gasteiger partial charge on any atom is -0.350 e. The van der Waals surface area contributed by atoms with Crippen LogP contribution >= 0.6 is 0 Å². The molecule has 6 nitrogen and oxygen atoms in total. The van der Waals surface area contributed by atoms with Gasteiger partial charge in [0.15, 0.2) is 5.82 Å². The molecule has 0 bridgehead atoms. The zero-order valence-corrected chi connectivity index (χ0v) is 11.7. The Kier molecular flexibility index (Phi) is 4.81. The van der Waals surface area contributed by atoms with Crippen molar-refractivity contribution in [3.05, 3.63) is 41.8 Å². The summed E-state index contributed by atoms with van der Waals surface area (Å²) >= 11 is 0. The summed E-state index contributed by atoms with van der Waals surface area (Å²) < 4.78 is 5.00. The summed E-state index contributed by atoms with van der Waals surface area (Å²) in [5.41, 5.74) is 0.994. The zero-order chi connectivity index (χ0) is 14.4. The molecule has 0 fully saturated rings. The van der Waals surface area contributed by atoms with Crippen LogP contribution in [-0.2, 0) is 11.2 Å². The van der Waals surface area contributed by atoms with E-state index in [-0.39, 0.29) is 11.9 Å². The molecule has 0 aromatic carbocycles. The molecule has 2 aromatic rings. The maximum absolute atomic E-state index is 11.8. The van der Waals surface area contributed by atoms with Crippen LogP contribution in [0, 0.1) is 6.92 Å². The number of amides is 1. The molecule has 0 aliphatic carbocycles. The second-order valence-corrected chi connectivity index (χ2v) is 4.66. The zero-order valence-electron chi connectivity index (χ0n) is 11.7. The maximum atomic E-state index is 11.8. The molecule has 1 N–H and O–H groups in total. The number of aryl methyl sites for hydroxylation is 2. The number of nitrogens with one attached hydrogen (secondary N) is 1. The third-order valence-corrected chi connectivity index (χ3v) is 2.93. The Morgan fingerprint density at radius 1 is 1.50 bits per heavy atom. The van der Waals surface area contributed by atoms with Gasteiger partial charge in [0.1, 0.15) is 0 Å². The highest BCUT2D eigenvalue weighted by atomic mass is 16.5. The second-order valence-electron chi connectivity index (χ2n) is 4.66. The maximum Gasteiger partial charge on any atom is 0.226 e. The molecule has 0 saturated carbocycles. The molecule has 2 rings (SSSR count). The number of hydrogen-bond acceptors (Lipinski definition) is 5. The topological polar surface area (TPSA) is 80.9 Å². The van der Waals surface area contributed by atoms with Crippen LogP contribution in [0.1, 0.15) is 43.1 Å². The van der Waals surface area contributed by atoms with Crippen molar-refractivity contribution in [3.8, 4) is 0 Å². The Bertz CT molecular complexity index is 553. The molecular formula is C14H18N4O2. The lowest BCUT2D eigenvalue weighted by Gasteiger charge is -2.13. The molecule has 0 spiro atoms. The van der Waals surface area contributed by atoms with E-state index in [0.717, 1.165) is 5.56 Å². The van der Waals surface area contributed by atoms with E-state index in [1.807, 2.05) is 19.1 Å². The molecule has 2 heterocycles. The number of aromatic nitrogens is 3. The first-order chi connectivity index (χ1) is 9.65. The molecule has 1 atom stereocenters. The first-order valence-electron chi connectivity index (χ1n) is 6.63. The van der Waals surface area contributed by atoms with Crippen LogP contribution in [0.25, 0.3) is 0 Å². The monoisotopic (exact) mass is 274 g/mol. The molecule has 106 valence electrons. The Labute approximate surface area is 117 Å². The van der Waals surface area contributed by atoms with Gasteiger partial charge < -0.3 is 9.84 Å². The molecule has 1 unspecified atom stereocenters. The van der Waals surface area contributed by atoms with Crippen molar-refractivity contribution in [2.45, 2.75) is 39.2 Å². The van der Waals surface area contributed by atoms with Crippen molar-refractivity contribution in [3.63, 3.8) is 0 Å². The standard InChI is InChI=1S/C14H18N4O2/c1-10(12-5-4-8-15-9-12)16-13(19)6-3-7-14-17-11(2)18-20-14/h4-5,8-10H,3,6-7H2,1-2H3,(H,16,19). The summed E-state index contributed by atoms with van der Waals surface area (Å²) in [4.78, 5) is 20.0. The first-order valence-corrected chi connectivity index (χ1v) is 6.63. The van der Waals surface area contributed by atoms with E-state index in [1.165, 1.54) is 0 Å². The molecular weight excluding hydrogens is 256 g/mol. The third-order valence-electron chi connectivity index (χ3n) is 2.93. The molecule has 0 aliphatic rings. The minimum absolute atomic E-state index is 0.0117. The Morgan fingerprint density at radius 2 is 2.35 bits per heavy atom. The van der Waals surface area contributed by atoms with Crippen molar-refractivity contribution in [2.24, 2.45) is 0 Å². The molecule has 20 heavy (non-hydrogen) atoms. The predicted molar refractivity (Wildman–Crippen MR) is 72.8 cm³/mol. The van der Waals surface area contributed by atoms with Gasteiger partial charge in [0.2, 0.25) is 11.8 Å². The third kappa shape index (κ3) is 4.15. The molecule has 6 heteroatoms. The largest absolute Gasteiger partial charge is 0.350 e. The first kappa shape index (κ1) is 14.2. The second kappa shape index (κ2) is 6.79. The average molecular weight is 274 g/mol. The summed E-state index contributed by atoms with van der Waals surface area (Å²) in [7, 11) is 0. The van der Waals surface area contributed by atoms with Crippen LogP contribution in [0.5, 0.6) is 0 Å². The fourth-order valence-corrected chi connectivity index (χ4v) is 1.87. The van der Waals surface area contributed by atoms with Gasteiger partial charge in [-0.1, -0.05) is 11.2 Å². The highest BCUT2D eigenvalue weighted by molar-refractivity contribution is 5.76. The number of nitrogens with zero attached hydrogens (tertiary/aromatic N) is 3. The number of carbonyl (C=O) groups is 1. The van der Waals surface area contributed by atoms with E-state index in [0.29, 0.717) is 31.0 Å². The Morgan fingerprint density at radius 3 is 3.00 bits per heavy atom. The predicted octanol–water partition coefficient (Wildman–Crippen LogP) is 1.97. The van der Waals surface area contributed by atoms with Gasteiger partial charge in [0.05, 0.1) is 6.04 Å². The smallest absolute Gasteiger partial charge is 0.226 e. The quantitative estimate of drug-likeness (QED) is 0.871. The van der Waals surface area contributed by atoms with E-state index in [9.17, 15) is 4.79 Å². The van der Waals surface area contributed by atoms with Crippen LogP contribution in [-0.4, -0.2) is 21.0 Å². The number of hydrogen-bond donors (Lipinski definition) is 1. The van der Waals surface area contributed by atoms with Gasteiger partial charge in [-0.15, -0.1) is 0 Å². The van der Waals surface area contributed by atoms with E-state index in [2.05, 4.69) is 20.4 Å². The molecule has 1 amide bonds. The van der Waals surface area contributed by atoms with Gasteiger partial charge in [-0.3, -0.25) is 9.78 Å². The highest BCUT2D eigenvalue weighted by Crippen LogP contribution is 2.10. The van der Waals surface area contributed by atoms with Crippen molar-refractivity contribution in [1.82, 2.24) is 20.4 Å². The fourth-order valence-electron chi connectivity index (χ4n) is 1.87. The molecule has 2 aromatic heterocycles. The summed E-state index contributed by atoms with van der Waals surface area (Å²) in [6, 6.07) is 3.76. The summed E-state index contributed by atoms with van der Waals surface area (Å²) in [5, 5.41) is 6.65. The van der Waals surface area contributed by atoms with Gasteiger partial charge in [0.25, 0.3) is 0 Å². The number of rotatable bonds is 6. The SMILES string of the molecule is Cc1noc(CCCC(=O)NC(C)c2cccnc2)n1. The van der Waals surface area contributed by atoms with Gasteiger partial charge in [-0.25, -0.2) is 0 Å². The van der Waals surface area contributed by atoms with Crippen LogP contribution in [0.4, 0.5) is 0 Å². The van der Waals surface area contributed by atoms with Crippen LogP contribution < -0.4 is 5.32 Å². The fraction of sp³-hybridized carbons (Fsp3) is 0.429. The van der Waals surface area contributed by atoms with Crippen molar-refractivity contribution >= 4 is 5.91 Å².